The lowest BCUT2D eigenvalue weighted by Crippen LogP contribution is -2.40. The molecule has 0 aliphatic rings. The Hall–Kier alpha value is -0.230. The van der Waals surface area contributed by atoms with Gasteiger partial charge in [0.15, 0.2) is 0 Å². The molecule has 0 fully saturated rings. The van der Waals surface area contributed by atoms with Crippen LogP contribution in [0.25, 0.3) is 0 Å². The van der Waals surface area contributed by atoms with Crippen molar-refractivity contribution in [2.24, 2.45) is 0 Å². The van der Waals surface area contributed by atoms with Crippen LogP contribution in [0.1, 0.15) is 0 Å². The number of hydrogen-bond acceptors (Lipinski definition) is 0. The summed E-state index contributed by atoms with van der Waals surface area (Å²) >= 11 is 9.18. The molecule has 0 aliphatic heterocycles. The van der Waals surface area contributed by atoms with Crippen LogP contribution in [0.5, 0.6) is 0 Å². The summed E-state index contributed by atoms with van der Waals surface area (Å²) in [7, 11) is 4.24. The van der Waals surface area contributed by atoms with Crippen LogP contribution in [0.15, 0.2) is 23.8 Å². The molecule has 1 nitrogen and oxygen atoms in total. The van der Waals surface area contributed by atoms with Crippen molar-refractivity contribution in [1.29, 1.82) is 0 Å². The minimum atomic E-state index is 0.715. The number of likely N-dealkylation sites (N-methyl/N-ethyl adjacent to an activating group) is 1. The van der Waals surface area contributed by atoms with Gasteiger partial charge in [0.05, 0.1) is 20.6 Å². The molecule has 0 aromatic carbocycles. The van der Waals surface area contributed by atoms with E-state index >= 15 is 0 Å². The van der Waals surface area contributed by atoms with Crippen molar-refractivity contribution in [2.75, 3.05) is 32.5 Å². The Morgan fingerprint density at radius 2 is 2.21 bits per heavy atom. The van der Waals surface area contributed by atoms with Gasteiger partial charge in [-0.3, -0.25) is 0 Å². The van der Waals surface area contributed by atoms with Gasteiger partial charge in [-0.1, -0.05) is 40.0 Å². The summed E-state index contributed by atoms with van der Waals surface area (Å²) < 4.78 is 0.810. The smallest absolute Gasteiger partial charge is 0.141 e. The second-order valence-electron chi connectivity index (χ2n) is 3.59. The molecule has 0 aromatic heterocycles. The average molecular weight is 278 g/mol. The molecule has 0 heterocycles. The van der Waals surface area contributed by atoms with Crippen LogP contribution in [-0.2, 0) is 0 Å². The fourth-order valence-electron chi connectivity index (χ4n) is 0.797. The maximum absolute atomic E-state index is 5.88. The fourth-order valence-corrected chi connectivity index (χ4v) is 1.10. The number of allylic oxidation sites excluding steroid dienone is 2. The molecular weight excluding hydrogens is 261 g/mol. The van der Waals surface area contributed by atoms with E-state index in [1.54, 1.807) is 6.08 Å². The highest BCUT2D eigenvalue weighted by Crippen LogP contribution is 2.06. The van der Waals surface area contributed by atoms with Gasteiger partial charge in [-0.25, -0.2) is 0 Å². The molecule has 0 saturated heterocycles. The summed E-state index contributed by atoms with van der Waals surface area (Å²) in [6.07, 6.45) is 3.63. The van der Waals surface area contributed by atoms with Gasteiger partial charge in [-0.2, -0.15) is 0 Å². The Bertz CT molecular complexity index is 271. The second kappa shape index (κ2) is 7.11. The van der Waals surface area contributed by atoms with E-state index in [0.717, 1.165) is 22.6 Å². The fraction of sp³-hybridized carbons (Fsp3) is 0.455. The number of nitrogens with zero attached hydrogens (tertiary/aromatic N) is 1. The number of hydrogen-bond donors (Lipinski definition) is 0. The van der Waals surface area contributed by atoms with E-state index in [0.29, 0.717) is 5.33 Å². The largest absolute Gasteiger partial charge is 0.315 e. The molecule has 0 rings (SSSR count). The predicted octanol–water partition coefficient (Wildman–Crippen LogP) is 2.77. The van der Waals surface area contributed by atoms with Crippen molar-refractivity contribution in [3.8, 4) is 11.8 Å². The van der Waals surface area contributed by atoms with Crippen molar-refractivity contribution in [2.45, 2.75) is 0 Å². The first-order valence-corrected chi connectivity index (χ1v) is 5.83. The maximum atomic E-state index is 5.88. The van der Waals surface area contributed by atoms with E-state index < -0.39 is 0 Å². The highest BCUT2D eigenvalue weighted by Gasteiger charge is 2.10. The zero-order chi connectivity index (χ0) is 11.0. The Morgan fingerprint density at radius 3 is 2.71 bits per heavy atom. The number of rotatable bonds is 4. The SMILES string of the molecule is C=CC#CC[N+](C)(C)C/C=C(\Cl)CBr. The normalized spacial score (nSPS) is 11.9. The van der Waals surface area contributed by atoms with Crippen LogP contribution >= 0.6 is 27.5 Å². The standard InChI is InChI=1S/C11H16BrClN/c1-4-5-6-8-14(2,3)9-7-11(13)10-12/h4,7H,1,8-10H2,2-3H3/q+1/b11-7-. The molecule has 0 unspecified atom stereocenters. The maximum Gasteiger partial charge on any atom is 0.141 e. The second-order valence-corrected chi connectivity index (χ2v) is 4.63. The van der Waals surface area contributed by atoms with E-state index in [9.17, 15) is 0 Å². The summed E-state index contributed by atoms with van der Waals surface area (Å²) in [6, 6.07) is 0. The molecule has 78 valence electrons. The third-order valence-corrected chi connectivity index (χ3v) is 2.86. The Balaban J connectivity index is 4.13. The van der Waals surface area contributed by atoms with Gasteiger partial charge in [-0.05, 0) is 18.1 Å². The minimum Gasteiger partial charge on any atom is -0.315 e. The topological polar surface area (TPSA) is 0 Å². The van der Waals surface area contributed by atoms with Gasteiger partial charge in [-0.15, -0.1) is 0 Å². The van der Waals surface area contributed by atoms with Crippen molar-refractivity contribution in [3.63, 3.8) is 0 Å². The van der Waals surface area contributed by atoms with Crippen LogP contribution in [0.2, 0.25) is 0 Å². The first-order chi connectivity index (χ1) is 6.52. The first-order valence-electron chi connectivity index (χ1n) is 4.33. The first kappa shape index (κ1) is 13.8. The number of quaternary nitrogens is 1. The zero-order valence-electron chi connectivity index (χ0n) is 8.69. The Labute approximate surface area is 100 Å². The lowest BCUT2D eigenvalue weighted by molar-refractivity contribution is -0.877. The van der Waals surface area contributed by atoms with E-state index in [4.69, 9.17) is 11.6 Å². The third kappa shape index (κ3) is 7.20. The van der Waals surface area contributed by atoms with Crippen LogP contribution in [-0.4, -0.2) is 37.0 Å². The third-order valence-electron chi connectivity index (χ3n) is 1.65. The summed E-state index contributed by atoms with van der Waals surface area (Å²) in [5.41, 5.74) is 0. The molecule has 0 radical (unpaired) electrons. The lowest BCUT2D eigenvalue weighted by Gasteiger charge is -2.25. The van der Waals surface area contributed by atoms with Crippen molar-refractivity contribution in [1.82, 2.24) is 0 Å². The van der Waals surface area contributed by atoms with E-state index in [1.807, 2.05) is 6.08 Å². The van der Waals surface area contributed by atoms with Crippen LogP contribution in [0.4, 0.5) is 0 Å². The molecule has 0 saturated carbocycles. The average Bonchev–Trinajstić information content (AvgIpc) is 2.14. The van der Waals surface area contributed by atoms with Crippen LogP contribution < -0.4 is 0 Å². The molecular formula is C11H16BrClN+. The van der Waals surface area contributed by atoms with Crippen molar-refractivity contribution >= 4 is 27.5 Å². The molecule has 0 spiro atoms. The number of halogens is 2. The molecule has 14 heavy (non-hydrogen) atoms. The molecule has 0 aliphatic carbocycles. The predicted molar refractivity (Wildman–Crippen MR) is 67.5 cm³/mol. The van der Waals surface area contributed by atoms with Gasteiger partial charge in [0.25, 0.3) is 0 Å². The van der Waals surface area contributed by atoms with Gasteiger partial charge < -0.3 is 4.48 Å². The Morgan fingerprint density at radius 1 is 1.57 bits per heavy atom. The van der Waals surface area contributed by atoms with Gasteiger partial charge >= 0.3 is 0 Å². The number of alkyl halides is 1. The Kier molecular flexibility index (Phi) is 7.00. The highest BCUT2D eigenvalue weighted by atomic mass is 79.9. The molecule has 0 bridgehead atoms. The molecule has 0 N–H and O–H groups in total. The summed E-state index contributed by atoms with van der Waals surface area (Å²) in [5, 5.41) is 1.56. The van der Waals surface area contributed by atoms with Gasteiger partial charge in [0, 0.05) is 10.4 Å². The highest BCUT2D eigenvalue weighted by molar-refractivity contribution is 9.09. The van der Waals surface area contributed by atoms with Crippen molar-refractivity contribution in [3.05, 3.63) is 23.8 Å². The van der Waals surface area contributed by atoms with E-state index in [-0.39, 0.29) is 0 Å². The minimum absolute atomic E-state index is 0.715. The van der Waals surface area contributed by atoms with Gasteiger partial charge in [0.2, 0.25) is 0 Å². The molecule has 0 atom stereocenters. The van der Waals surface area contributed by atoms with Crippen molar-refractivity contribution < 1.29 is 4.48 Å². The molecule has 3 heteroatoms. The molecule has 0 aromatic rings. The lowest BCUT2D eigenvalue weighted by atomic mass is 10.4. The van der Waals surface area contributed by atoms with E-state index in [1.165, 1.54) is 0 Å². The summed E-state index contributed by atoms with van der Waals surface area (Å²) in [4.78, 5) is 0. The zero-order valence-corrected chi connectivity index (χ0v) is 11.0. The summed E-state index contributed by atoms with van der Waals surface area (Å²) in [5.74, 6) is 5.88. The van der Waals surface area contributed by atoms with E-state index in [2.05, 4.69) is 48.4 Å². The monoisotopic (exact) mass is 276 g/mol. The van der Waals surface area contributed by atoms with Gasteiger partial charge in [0.1, 0.15) is 6.54 Å². The summed E-state index contributed by atoms with van der Waals surface area (Å²) in [6.45, 7) is 5.23. The van der Waals surface area contributed by atoms with Crippen LogP contribution in [0.3, 0.4) is 0 Å². The molecule has 0 amide bonds. The van der Waals surface area contributed by atoms with Crippen LogP contribution in [0, 0.1) is 11.8 Å². The quantitative estimate of drug-likeness (QED) is 0.421.